The highest BCUT2D eigenvalue weighted by Gasteiger charge is 2.22. The molecule has 0 bridgehead atoms. The Bertz CT molecular complexity index is 144. The van der Waals surface area contributed by atoms with Gasteiger partial charge in [0.15, 0.2) is 0 Å². The average molecular weight is 203 g/mol. The molecule has 0 heterocycles. The van der Waals surface area contributed by atoms with Crippen molar-refractivity contribution in [3.63, 3.8) is 0 Å². The summed E-state index contributed by atoms with van der Waals surface area (Å²) in [5.41, 5.74) is -0.235. The molecule has 3 heteroatoms. The van der Waals surface area contributed by atoms with Crippen molar-refractivity contribution in [3.8, 4) is 0 Å². The van der Waals surface area contributed by atoms with Crippen molar-refractivity contribution in [2.45, 2.75) is 46.3 Å². The summed E-state index contributed by atoms with van der Waals surface area (Å²) in [6.45, 7) is 12.3. The van der Waals surface area contributed by atoms with Crippen molar-refractivity contribution in [2.24, 2.45) is 5.92 Å². The maximum absolute atomic E-state index is 9.42. The third-order valence-electron chi connectivity index (χ3n) is 2.32. The Morgan fingerprint density at radius 1 is 1.29 bits per heavy atom. The number of rotatable bonds is 7. The fourth-order valence-corrected chi connectivity index (χ4v) is 0.912. The summed E-state index contributed by atoms with van der Waals surface area (Å²) in [5, 5.41) is 12.7. The summed E-state index contributed by atoms with van der Waals surface area (Å²) in [6, 6.07) is 0. The molecule has 0 fully saturated rings. The first kappa shape index (κ1) is 13.9. The summed E-state index contributed by atoms with van der Waals surface area (Å²) in [4.78, 5) is 0. The van der Waals surface area contributed by atoms with Crippen LogP contribution in [0.15, 0.2) is 0 Å². The van der Waals surface area contributed by atoms with Crippen LogP contribution < -0.4 is 5.32 Å². The molecule has 86 valence electrons. The molecular formula is C11H25NO2. The Morgan fingerprint density at radius 2 is 1.86 bits per heavy atom. The van der Waals surface area contributed by atoms with Crippen LogP contribution >= 0.6 is 0 Å². The summed E-state index contributed by atoms with van der Waals surface area (Å²) < 4.78 is 5.43. The Kier molecular flexibility index (Phi) is 6.33. The van der Waals surface area contributed by atoms with Crippen LogP contribution in [0, 0.1) is 5.92 Å². The lowest BCUT2D eigenvalue weighted by molar-refractivity contribution is 0.0747. The van der Waals surface area contributed by atoms with E-state index in [4.69, 9.17) is 4.74 Å². The molecule has 0 amide bonds. The summed E-state index contributed by atoms with van der Waals surface area (Å²) in [7, 11) is 0. The van der Waals surface area contributed by atoms with Crippen molar-refractivity contribution in [3.05, 3.63) is 0 Å². The van der Waals surface area contributed by atoms with Crippen LogP contribution in [-0.2, 0) is 4.74 Å². The fraction of sp³-hybridized carbons (Fsp3) is 1.00. The molecule has 0 aromatic rings. The lowest BCUT2D eigenvalue weighted by Crippen LogP contribution is -2.49. The molecule has 3 nitrogen and oxygen atoms in total. The number of hydrogen-bond donors (Lipinski definition) is 2. The maximum Gasteiger partial charge on any atom is 0.0688 e. The van der Waals surface area contributed by atoms with Gasteiger partial charge in [0.05, 0.1) is 12.7 Å². The molecule has 0 saturated heterocycles. The van der Waals surface area contributed by atoms with Gasteiger partial charge < -0.3 is 15.2 Å². The minimum absolute atomic E-state index is 0.235. The van der Waals surface area contributed by atoms with E-state index >= 15 is 0 Å². The number of ether oxygens (including phenoxy) is 1. The summed E-state index contributed by atoms with van der Waals surface area (Å²) >= 11 is 0. The molecule has 1 atom stereocenters. The second-order valence-electron chi connectivity index (χ2n) is 4.79. The van der Waals surface area contributed by atoms with Gasteiger partial charge in [-0.15, -0.1) is 0 Å². The van der Waals surface area contributed by atoms with Crippen LogP contribution in [0.1, 0.15) is 34.6 Å². The van der Waals surface area contributed by atoms with Crippen LogP contribution in [0.25, 0.3) is 0 Å². The zero-order valence-corrected chi connectivity index (χ0v) is 10.1. The average Bonchev–Trinajstić information content (AvgIpc) is 2.02. The molecule has 14 heavy (non-hydrogen) atoms. The SMILES string of the molecule is CC(C)COCCNC(C)(C)C(C)O. The van der Waals surface area contributed by atoms with Gasteiger partial charge in [0.25, 0.3) is 0 Å². The first-order chi connectivity index (χ1) is 6.36. The van der Waals surface area contributed by atoms with Crippen LogP contribution in [0.4, 0.5) is 0 Å². The van der Waals surface area contributed by atoms with Gasteiger partial charge in [0, 0.05) is 18.7 Å². The van der Waals surface area contributed by atoms with Gasteiger partial charge in [-0.25, -0.2) is 0 Å². The Hall–Kier alpha value is -0.120. The van der Waals surface area contributed by atoms with Gasteiger partial charge >= 0.3 is 0 Å². The number of nitrogens with one attached hydrogen (secondary N) is 1. The van der Waals surface area contributed by atoms with Crippen LogP contribution in [0.3, 0.4) is 0 Å². The molecule has 0 spiro atoms. The first-order valence-corrected chi connectivity index (χ1v) is 5.37. The Labute approximate surface area is 87.8 Å². The van der Waals surface area contributed by atoms with Gasteiger partial charge in [-0.1, -0.05) is 13.8 Å². The van der Waals surface area contributed by atoms with Crippen molar-refractivity contribution in [2.75, 3.05) is 19.8 Å². The molecule has 0 aromatic carbocycles. The van der Waals surface area contributed by atoms with Gasteiger partial charge in [-0.2, -0.15) is 0 Å². The summed E-state index contributed by atoms with van der Waals surface area (Å²) in [5.74, 6) is 0.583. The molecule has 0 aliphatic rings. The zero-order chi connectivity index (χ0) is 11.2. The minimum atomic E-state index is -0.354. The first-order valence-electron chi connectivity index (χ1n) is 5.37. The Morgan fingerprint density at radius 3 is 2.29 bits per heavy atom. The van der Waals surface area contributed by atoms with Crippen LogP contribution in [0.2, 0.25) is 0 Å². The molecule has 0 saturated carbocycles. The van der Waals surface area contributed by atoms with E-state index in [-0.39, 0.29) is 11.6 Å². The topological polar surface area (TPSA) is 41.5 Å². The van der Waals surface area contributed by atoms with Gasteiger partial charge in [0.1, 0.15) is 0 Å². The number of aliphatic hydroxyl groups is 1. The van der Waals surface area contributed by atoms with E-state index in [0.717, 1.165) is 13.2 Å². The van der Waals surface area contributed by atoms with Gasteiger partial charge in [-0.05, 0) is 26.7 Å². The van der Waals surface area contributed by atoms with Crippen LogP contribution in [-0.4, -0.2) is 36.5 Å². The third kappa shape index (κ3) is 6.35. The van der Waals surface area contributed by atoms with Crippen molar-refractivity contribution >= 4 is 0 Å². The van der Waals surface area contributed by atoms with E-state index in [9.17, 15) is 5.11 Å². The van der Waals surface area contributed by atoms with E-state index in [1.807, 2.05) is 13.8 Å². The quantitative estimate of drug-likeness (QED) is 0.615. The monoisotopic (exact) mass is 203 g/mol. The van der Waals surface area contributed by atoms with Gasteiger partial charge in [-0.3, -0.25) is 0 Å². The van der Waals surface area contributed by atoms with Gasteiger partial charge in [0.2, 0.25) is 0 Å². The van der Waals surface area contributed by atoms with Crippen molar-refractivity contribution in [1.82, 2.24) is 5.32 Å². The predicted molar refractivity (Wildman–Crippen MR) is 59.4 cm³/mol. The molecular weight excluding hydrogens is 178 g/mol. The highest BCUT2D eigenvalue weighted by atomic mass is 16.5. The molecule has 0 aromatic heterocycles. The third-order valence-corrected chi connectivity index (χ3v) is 2.32. The molecule has 1 unspecified atom stereocenters. The van der Waals surface area contributed by atoms with E-state index in [0.29, 0.717) is 12.5 Å². The fourth-order valence-electron chi connectivity index (χ4n) is 0.912. The minimum Gasteiger partial charge on any atom is -0.392 e. The lowest BCUT2D eigenvalue weighted by Gasteiger charge is -2.29. The zero-order valence-electron chi connectivity index (χ0n) is 10.1. The largest absolute Gasteiger partial charge is 0.392 e. The van der Waals surface area contributed by atoms with Crippen molar-refractivity contribution in [1.29, 1.82) is 0 Å². The Balaban J connectivity index is 3.45. The lowest BCUT2D eigenvalue weighted by atomic mass is 9.99. The number of aliphatic hydroxyl groups excluding tert-OH is 1. The van der Waals surface area contributed by atoms with E-state index in [2.05, 4.69) is 19.2 Å². The second kappa shape index (κ2) is 6.38. The normalized spacial score (nSPS) is 14.8. The van der Waals surface area contributed by atoms with E-state index in [1.165, 1.54) is 0 Å². The molecule has 0 aliphatic carbocycles. The van der Waals surface area contributed by atoms with E-state index < -0.39 is 0 Å². The summed E-state index contributed by atoms with van der Waals surface area (Å²) in [6.07, 6.45) is -0.354. The second-order valence-corrected chi connectivity index (χ2v) is 4.79. The maximum atomic E-state index is 9.42. The smallest absolute Gasteiger partial charge is 0.0688 e. The molecule has 2 N–H and O–H groups in total. The standard InChI is InChI=1S/C11H25NO2/c1-9(2)8-14-7-6-12-11(4,5)10(3)13/h9-10,12-13H,6-8H2,1-5H3. The molecule has 0 radical (unpaired) electrons. The molecule has 0 aliphatic heterocycles. The number of hydrogen-bond acceptors (Lipinski definition) is 3. The highest BCUT2D eigenvalue weighted by Crippen LogP contribution is 2.07. The van der Waals surface area contributed by atoms with Crippen molar-refractivity contribution < 1.29 is 9.84 Å². The van der Waals surface area contributed by atoms with Crippen LogP contribution in [0.5, 0.6) is 0 Å². The van der Waals surface area contributed by atoms with E-state index in [1.54, 1.807) is 6.92 Å². The predicted octanol–water partition coefficient (Wildman–Crippen LogP) is 1.41. The molecule has 0 rings (SSSR count). The highest BCUT2D eigenvalue weighted by molar-refractivity contribution is 4.82.